The zero-order valence-electron chi connectivity index (χ0n) is 7.55. The second kappa shape index (κ2) is 3.76. The van der Waals surface area contributed by atoms with E-state index in [1.54, 1.807) is 14.2 Å². The second-order valence-electron chi connectivity index (χ2n) is 3.26. The van der Waals surface area contributed by atoms with E-state index in [0.717, 1.165) is 12.8 Å². The molecule has 0 atom stereocenters. The maximum absolute atomic E-state index is 10.7. The van der Waals surface area contributed by atoms with Gasteiger partial charge in [0.1, 0.15) is 6.61 Å². The molecular formula is C8H15NO3. The molecule has 0 saturated heterocycles. The molecule has 1 rings (SSSR count). The normalized spacial score (nSPS) is 18.5. The maximum Gasteiger partial charge on any atom is 0.406 e. The Morgan fingerprint density at radius 2 is 2.17 bits per heavy atom. The molecule has 0 bridgehead atoms. The van der Waals surface area contributed by atoms with Gasteiger partial charge in [-0.2, -0.15) is 0 Å². The van der Waals surface area contributed by atoms with E-state index >= 15 is 0 Å². The smallest absolute Gasteiger partial charge is 0.406 e. The van der Waals surface area contributed by atoms with Gasteiger partial charge in [-0.05, 0) is 12.8 Å². The molecular weight excluding hydrogens is 158 g/mol. The number of nitrogens with one attached hydrogen (secondary N) is 1. The van der Waals surface area contributed by atoms with E-state index in [4.69, 9.17) is 9.47 Å². The monoisotopic (exact) mass is 173 g/mol. The second-order valence-corrected chi connectivity index (χ2v) is 3.26. The molecule has 4 heteroatoms. The van der Waals surface area contributed by atoms with Crippen molar-refractivity contribution in [2.75, 3.05) is 27.4 Å². The van der Waals surface area contributed by atoms with Gasteiger partial charge in [0.25, 0.3) is 0 Å². The third kappa shape index (κ3) is 2.37. The Balaban J connectivity index is 2.17. The summed E-state index contributed by atoms with van der Waals surface area (Å²) in [5.74, 6) is 0. The van der Waals surface area contributed by atoms with Gasteiger partial charge in [-0.3, -0.25) is 0 Å². The molecule has 0 radical (unpaired) electrons. The van der Waals surface area contributed by atoms with Gasteiger partial charge in [0.15, 0.2) is 0 Å². The van der Waals surface area contributed by atoms with Gasteiger partial charge in [-0.25, -0.2) is 4.79 Å². The first-order valence-electron chi connectivity index (χ1n) is 4.06. The molecule has 1 fully saturated rings. The van der Waals surface area contributed by atoms with E-state index in [0.29, 0.717) is 13.2 Å². The molecule has 4 nitrogen and oxygen atoms in total. The molecule has 0 aromatic rings. The topological polar surface area (TPSA) is 47.6 Å². The van der Waals surface area contributed by atoms with Crippen LogP contribution in [0.15, 0.2) is 0 Å². The van der Waals surface area contributed by atoms with E-state index in [1.807, 2.05) is 0 Å². The lowest BCUT2D eigenvalue weighted by Crippen LogP contribution is -2.25. The number of ether oxygens (including phenoxy) is 2. The van der Waals surface area contributed by atoms with Crippen LogP contribution >= 0.6 is 0 Å². The van der Waals surface area contributed by atoms with Crippen molar-refractivity contribution in [2.45, 2.75) is 12.8 Å². The standard InChI is InChI=1S/C8H15NO3/c1-9-7(10)12-6-8(3-4-8)5-11-2/h3-6H2,1-2H3,(H,9,10). The highest BCUT2D eigenvalue weighted by Crippen LogP contribution is 2.45. The Kier molecular flexibility index (Phi) is 2.92. The summed E-state index contributed by atoms with van der Waals surface area (Å²) in [7, 11) is 3.22. The summed E-state index contributed by atoms with van der Waals surface area (Å²) in [6.07, 6.45) is 1.83. The van der Waals surface area contributed by atoms with Crippen LogP contribution in [0.4, 0.5) is 4.79 Å². The minimum atomic E-state index is -0.364. The number of amides is 1. The molecule has 12 heavy (non-hydrogen) atoms. The van der Waals surface area contributed by atoms with Gasteiger partial charge >= 0.3 is 6.09 Å². The molecule has 0 aromatic heterocycles. The van der Waals surface area contributed by atoms with Crippen LogP contribution in [0, 0.1) is 5.41 Å². The Labute approximate surface area is 72.2 Å². The van der Waals surface area contributed by atoms with Gasteiger partial charge < -0.3 is 14.8 Å². The highest BCUT2D eigenvalue weighted by Gasteiger charge is 2.43. The first-order chi connectivity index (χ1) is 5.72. The third-order valence-electron chi connectivity index (χ3n) is 2.12. The van der Waals surface area contributed by atoms with Gasteiger partial charge in [-0.15, -0.1) is 0 Å². The zero-order valence-corrected chi connectivity index (χ0v) is 7.55. The molecule has 0 spiro atoms. The summed E-state index contributed by atoms with van der Waals surface area (Å²) >= 11 is 0. The molecule has 1 saturated carbocycles. The van der Waals surface area contributed by atoms with Crippen molar-refractivity contribution in [1.29, 1.82) is 0 Å². The summed E-state index contributed by atoms with van der Waals surface area (Å²) in [6.45, 7) is 1.16. The molecule has 70 valence electrons. The number of methoxy groups -OCH3 is 1. The first kappa shape index (κ1) is 9.32. The summed E-state index contributed by atoms with van der Waals surface area (Å²) < 4.78 is 9.96. The van der Waals surface area contributed by atoms with Crippen LogP contribution in [0.2, 0.25) is 0 Å². The van der Waals surface area contributed by atoms with Gasteiger partial charge in [0.05, 0.1) is 6.61 Å². The Hall–Kier alpha value is -0.770. The predicted octanol–water partition coefficient (Wildman–Crippen LogP) is 0.769. The number of carbonyl (C=O) groups is 1. The van der Waals surface area contributed by atoms with Crippen molar-refractivity contribution in [3.05, 3.63) is 0 Å². The van der Waals surface area contributed by atoms with Gasteiger partial charge in [-0.1, -0.05) is 0 Å². The van der Waals surface area contributed by atoms with Crippen molar-refractivity contribution < 1.29 is 14.3 Å². The SMILES string of the molecule is CNC(=O)OCC1(COC)CC1. The van der Waals surface area contributed by atoms with Crippen LogP contribution in [0.1, 0.15) is 12.8 Å². The lowest BCUT2D eigenvalue weighted by Gasteiger charge is -2.13. The molecule has 1 aliphatic carbocycles. The Morgan fingerprint density at radius 3 is 2.58 bits per heavy atom. The summed E-state index contributed by atoms with van der Waals surface area (Å²) in [6, 6.07) is 0. The van der Waals surface area contributed by atoms with Crippen LogP contribution in [0.25, 0.3) is 0 Å². The van der Waals surface area contributed by atoms with Crippen LogP contribution in [0.3, 0.4) is 0 Å². The Morgan fingerprint density at radius 1 is 1.50 bits per heavy atom. The molecule has 0 heterocycles. The van der Waals surface area contributed by atoms with Crippen molar-refractivity contribution in [2.24, 2.45) is 5.41 Å². The minimum Gasteiger partial charge on any atom is -0.449 e. The molecule has 1 N–H and O–H groups in total. The van der Waals surface area contributed by atoms with E-state index in [2.05, 4.69) is 5.32 Å². The highest BCUT2D eigenvalue weighted by molar-refractivity contribution is 5.66. The zero-order chi connectivity index (χ0) is 9.03. The number of rotatable bonds is 4. The van der Waals surface area contributed by atoms with E-state index < -0.39 is 0 Å². The Bertz CT molecular complexity index is 166. The van der Waals surface area contributed by atoms with Crippen molar-refractivity contribution in [3.63, 3.8) is 0 Å². The van der Waals surface area contributed by atoms with Crippen molar-refractivity contribution in [3.8, 4) is 0 Å². The van der Waals surface area contributed by atoms with E-state index in [9.17, 15) is 4.79 Å². The van der Waals surface area contributed by atoms with E-state index in [-0.39, 0.29) is 11.5 Å². The summed E-state index contributed by atoms with van der Waals surface area (Å²) in [4.78, 5) is 10.7. The maximum atomic E-state index is 10.7. The third-order valence-corrected chi connectivity index (χ3v) is 2.12. The van der Waals surface area contributed by atoms with Crippen LogP contribution in [0.5, 0.6) is 0 Å². The van der Waals surface area contributed by atoms with Crippen LogP contribution < -0.4 is 5.32 Å². The van der Waals surface area contributed by atoms with Gasteiger partial charge in [0, 0.05) is 19.6 Å². The summed E-state index contributed by atoms with van der Waals surface area (Å²) in [5.41, 5.74) is 0.126. The fourth-order valence-corrected chi connectivity index (χ4v) is 1.10. The van der Waals surface area contributed by atoms with Crippen molar-refractivity contribution in [1.82, 2.24) is 5.32 Å². The van der Waals surface area contributed by atoms with Crippen LogP contribution in [-0.4, -0.2) is 33.5 Å². The molecule has 0 unspecified atom stereocenters. The predicted molar refractivity (Wildman–Crippen MR) is 44.0 cm³/mol. The van der Waals surface area contributed by atoms with E-state index in [1.165, 1.54) is 0 Å². The average Bonchev–Trinajstić information content (AvgIpc) is 2.82. The lowest BCUT2D eigenvalue weighted by atomic mass is 10.1. The minimum absolute atomic E-state index is 0.126. The number of alkyl carbamates (subject to hydrolysis) is 1. The molecule has 1 amide bonds. The molecule has 0 aromatic carbocycles. The highest BCUT2D eigenvalue weighted by atomic mass is 16.6. The fraction of sp³-hybridized carbons (Fsp3) is 0.875. The fourth-order valence-electron chi connectivity index (χ4n) is 1.10. The molecule has 1 aliphatic rings. The molecule has 0 aliphatic heterocycles. The number of hydrogen-bond donors (Lipinski definition) is 1. The number of carbonyl (C=O) groups excluding carboxylic acids is 1. The lowest BCUT2D eigenvalue weighted by molar-refractivity contribution is 0.0747. The quantitative estimate of drug-likeness (QED) is 0.683. The van der Waals surface area contributed by atoms with Gasteiger partial charge in [0.2, 0.25) is 0 Å². The first-order valence-corrected chi connectivity index (χ1v) is 4.06. The average molecular weight is 173 g/mol. The summed E-state index contributed by atoms with van der Waals surface area (Å²) in [5, 5.41) is 2.41. The van der Waals surface area contributed by atoms with Crippen molar-refractivity contribution >= 4 is 6.09 Å². The largest absolute Gasteiger partial charge is 0.449 e. The van der Waals surface area contributed by atoms with Crippen LogP contribution in [-0.2, 0) is 9.47 Å². The number of hydrogen-bond acceptors (Lipinski definition) is 3.